The van der Waals surface area contributed by atoms with Gasteiger partial charge in [0.15, 0.2) is 0 Å². The molecule has 5 aromatic rings. The molecule has 182 valence electrons. The van der Waals surface area contributed by atoms with Gasteiger partial charge in [-0.05, 0) is 65.6 Å². The van der Waals surface area contributed by atoms with E-state index >= 15 is 0 Å². The zero-order chi connectivity index (χ0) is 24.7. The molecule has 5 rings (SSSR count). The number of ether oxygens (including phenoxy) is 1. The van der Waals surface area contributed by atoms with Crippen LogP contribution in [0, 0.1) is 0 Å². The Morgan fingerprint density at radius 3 is 2.50 bits per heavy atom. The van der Waals surface area contributed by atoms with Crippen molar-refractivity contribution in [3.63, 3.8) is 0 Å². The maximum atomic E-state index is 12.3. The second kappa shape index (κ2) is 11.1. The SMILES string of the molecule is COc1ccc(C(=O)NCCCCCc2nc3ccccc3n2Cc2cccc3ccccc23)cc1. The summed E-state index contributed by atoms with van der Waals surface area (Å²) in [5, 5.41) is 5.57. The summed E-state index contributed by atoms with van der Waals surface area (Å²) in [6.07, 6.45) is 3.90. The Bertz CT molecular complexity index is 1470. The molecule has 0 saturated carbocycles. The number of unbranched alkanes of at least 4 members (excludes halogenated alkanes) is 2. The predicted molar refractivity (Wildman–Crippen MR) is 146 cm³/mol. The number of carbonyl (C=O) groups excluding carboxylic acids is 1. The normalized spacial score (nSPS) is 11.1. The number of benzene rings is 4. The van der Waals surface area contributed by atoms with Gasteiger partial charge < -0.3 is 14.6 Å². The van der Waals surface area contributed by atoms with E-state index in [1.54, 1.807) is 31.4 Å². The third-order valence-electron chi connectivity index (χ3n) is 6.66. The molecule has 1 heterocycles. The number of hydrogen-bond donors (Lipinski definition) is 1. The molecule has 0 unspecified atom stereocenters. The van der Waals surface area contributed by atoms with Crippen LogP contribution in [0.2, 0.25) is 0 Å². The average Bonchev–Trinajstić information content (AvgIpc) is 3.27. The number of aromatic nitrogens is 2. The summed E-state index contributed by atoms with van der Waals surface area (Å²) >= 11 is 0. The van der Waals surface area contributed by atoms with E-state index in [1.807, 2.05) is 6.07 Å². The fraction of sp³-hybridized carbons (Fsp3) is 0.226. The Morgan fingerprint density at radius 1 is 0.861 bits per heavy atom. The zero-order valence-electron chi connectivity index (χ0n) is 20.6. The molecule has 0 atom stereocenters. The minimum atomic E-state index is -0.0467. The summed E-state index contributed by atoms with van der Waals surface area (Å²) in [6.45, 7) is 1.46. The lowest BCUT2D eigenvalue weighted by atomic mass is 10.0. The van der Waals surface area contributed by atoms with E-state index in [2.05, 4.69) is 70.5 Å². The molecule has 0 fully saturated rings. The van der Waals surface area contributed by atoms with Gasteiger partial charge in [-0.15, -0.1) is 0 Å². The third-order valence-corrected chi connectivity index (χ3v) is 6.66. The van der Waals surface area contributed by atoms with E-state index in [9.17, 15) is 4.79 Å². The number of amides is 1. The summed E-state index contributed by atoms with van der Waals surface area (Å²) in [4.78, 5) is 17.3. The summed E-state index contributed by atoms with van der Waals surface area (Å²) in [6, 6.07) is 30.6. The first-order valence-corrected chi connectivity index (χ1v) is 12.6. The number of methoxy groups -OCH3 is 1. The van der Waals surface area contributed by atoms with Crippen LogP contribution in [0.15, 0.2) is 91.0 Å². The van der Waals surface area contributed by atoms with Gasteiger partial charge in [-0.25, -0.2) is 4.98 Å². The number of para-hydroxylation sites is 2. The highest BCUT2D eigenvalue weighted by Gasteiger charge is 2.12. The highest BCUT2D eigenvalue weighted by Crippen LogP contribution is 2.24. The fourth-order valence-electron chi connectivity index (χ4n) is 4.72. The molecule has 5 heteroatoms. The van der Waals surface area contributed by atoms with E-state index in [0.29, 0.717) is 12.1 Å². The second-order valence-corrected chi connectivity index (χ2v) is 9.04. The first kappa shape index (κ1) is 23.6. The van der Waals surface area contributed by atoms with Gasteiger partial charge in [-0.3, -0.25) is 4.79 Å². The van der Waals surface area contributed by atoms with Crippen LogP contribution < -0.4 is 10.1 Å². The minimum Gasteiger partial charge on any atom is -0.497 e. The molecule has 0 aliphatic rings. The van der Waals surface area contributed by atoms with E-state index in [1.165, 1.54) is 21.9 Å². The Labute approximate surface area is 211 Å². The monoisotopic (exact) mass is 477 g/mol. The van der Waals surface area contributed by atoms with Crippen LogP contribution in [0.4, 0.5) is 0 Å². The Balaban J connectivity index is 1.20. The van der Waals surface area contributed by atoms with E-state index < -0.39 is 0 Å². The largest absolute Gasteiger partial charge is 0.497 e. The lowest BCUT2D eigenvalue weighted by molar-refractivity contribution is 0.0953. The number of nitrogens with zero attached hydrogens (tertiary/aromatic N) is 2. The third kappa shape index (κ3) is 5.25. The summed E-state index contributed by atoms with van der Waals surface area (Å²) < 4.78 is 7.52. The molecule has 1 amide bonds. The van der Waals surface area contributed by atoms with Crippen molar-refractivity contribution in [2.45, 2.75) is 32.2 Å². The van der Waals surface area contributed by atoms with Gasteiger partial charge in [0.25, 0.3) is 5.91 Å². The molecule has 0 aliphatic carbocycles. The average molecular weight is 478 g/mol. The van der Waals surface area contributed by atoms with Crippen LogP contribution in [0.25, 0.3) is 21.8 Å². The lowest BCUT2D eigenvalue weighted by Gasteiger charge is -2.12. The fourth-order valence-corrected chi connectivity index (χ4v) is 4.72. The number of fused-ring (bicyclic) bond motifs is 2. The van der Waals surface area contributed by atoms with Crippen molar-refractivity contribution in [1.82, 2.24) is 14.9 Å². The number of aryl methyl sites for hydroxylation is 1. The van der Waals surface area contributed by atoms with Gasteiger partial charge in [0.1, 0.15) is 11.6 Å². The Hall–Kier alpha value is -4.12. The van der Waals surface area contributed by atoms with Crippen molar-refractivity contribution in [2.24, 2.45) is 0 Å². The maximum absolute atomic E-state index is 12.3. The van der Waals surface area contributed by atoms with Crippen LogP contribution >= 0.6 is 0 Å². The molecular weight excluding hydrogens is 446 g/mol. The van der Waals surface area contributed by atoms with E-state index in [0.717, 1.165) is 49.3 Å². The number of imidazole rings is 1. The minimum absolute atomic E-state index is 0.0467. The van der Waals surface area contributed by atoms with Gasteiger partial charge in [0.2, 0.25) is 0 Å². The molecule has 0 aliphatic heterocycles. The number of rotatable bonds is 10. The zero-order valence-corrected chi connectivity index (χ0v) is 20.6. The Morgan fingerprint density at radius 2 is 1.64 bits per heavy atom. The van der Waals surface area contributed by atoms with Gasteiger partial charge in [-0.2, -0.15) is 0 Å². The number of hydrogen-bond acceptors (Lipinski definition) is 3. The molecule has 5 nitrogen and oxygen atoms in total. The molecule has 36 heavy (non-hydrogen) atoms. The van der Waals surface area contributed by atoms with Gasteiger partial charge in [-0.1, -0.05) is 61.0 Å². The highest BCUT2D eigenvalue weighted by molar-refractivity contribution is 5.94. The summed E-state index contributed by atoms with van der Waals surface area (Å²) in [5.74, 6) is 1.82. The van der Waals surface area contributed by atoms with Gasteiger partial charge in [0, 0.05) is 25.1 Å². The van der Waals surface area contributed by atoms with Gasteiger partial charge in [0.05, 0.1) is 18.1 Å². The summed E-state index contributed by atoms with van der Waals surface area (Å²) in [5.41, 5.74) is 4.17. The molecule has 0 saturated heterocycles. The van der Waals surface area contributed by atoms with Crippen molar-refractivity contribution in [1.29, 1.82) is 0 Å². The molecule has 4 aromatic carbocycles. The van der Waals surface area contributed by atoms with Crippen LogP contribution in [0.1, 0.15) is 41.0 Å². The quantitative estimate of drug-likeness (QED) is 0.237. The van der Waals surface area contributed by atoms with E-state index in [-0.39, 0.29) is 5.91 Å². The van der Waals surface area contributed by atoms with Crippen LogP contribution in [-0.2, 0) is 13.0 Å². The molecule has 1 aromatic heterocycles. The molecule has 0 radical (unpaired) electrons. The maximum Gasteiger partial charge on any atom is 0.251 e. The molecule has 1 N–H and O–H groups in total. The smallest absolute Gasteiger partial charge is 0.251 e. The van der Waals surface area contributed by atoms with E-state index in [4.69, 9.17) is 9.72 Å². The standard InChI is InChI=1S/C31H31N3O2/c1-36-26-19-17-24(18-20-26)31(35)32-21-8-2-3-16-30-33-28-14-6-7-15-29(28)34(30)22-25-12-9-11-23-10-4-5-13-27(23)25/h4-7,9-15,17-20H,2-3,8,16,21-22H2,1H3,(H,32,35). The summed E-state index contributed by atoms with van der Waals surface area (Å²) in [7, 11) is 1.62. The van der Waals surface area contributed by atoms with Crippen molar-refractivity contribution >= 4 is 27.7 Å². The molecule has 0 spiro atoms. The van der Waals surface area contributed by atoms with Crippen molar-refractivity contribution < 1.29 is 9.53 Å². The second-order valence-electron chi connectivity index (χ2n) is 9.04. The first-order valence-electron chi connectivity index (χ1n) is 12.6. The predicted octanol–water partition coefficient (Wildman–Crippen LogP) is 6.39. The molecule has 0 bridgehead atoms. The van der Waals surface area contributed by atoms with Gasteiger partial charge >= 0.3 is 0 Å². The van der Waals surface area contributed by atoms with Crippen LogP contribution in [-0.4, -0.2) is 29.1 Å². The van der Waals surface area contributed by atoms with Crippen molar-refractivity contribution in [2.75, 3.05) is 13.7 Å². The first-order chi connectivity index (χ1) is 17.7. The molecular formula is C31H31N3O2. The Kier molecular flexibility index (Phi) is 7.27. The highest BCUT2D eigenvalue weighted by atomic mass is 16.5. The number of nitrogens with one attached hydrogen (secondary N) is 1. The van der Waals surface area contributed by atoms with Crippen molar-refractivity contribution in [3.8, 4) is 5.75 Å². The topological polar surface area (TPSA) is 56.1 Å². The van der Waals surface area contributed by atoms with Crippen molar-refractivity contribution in [3.05, 3.63) is 108 Å². The van der Waals surface area contributed by atoms with Crippen LogP contribution in [0.5, 0.6) is 5.75 Å². The van der Waals surface area contributed by atoms with Crippen LogP contribution in [0.3, 0.4) is 0 Å². The lowest BCUT2D eigenvalue weighted by Crippen LogP contribution is -2.24. The number of carbonyl (C=O) groups is 1.